The first-order valence-electron chi connectivity index (χ1n) is 9.90. The predicted molar refractivity (Wildman–Crippen MR) is 121 cm³/mol. The van der Waals surface area contributed by atoms with Crippen LogP contribution < -0.4 is 15.6 Å². The maximum absolute atomic E-state index is 13.3. The summed E-state index contributed by atoms with van der Waals surface area (Å²) >= 11 is 0. The van der Waals surface area contributed by atoms with Gasteiger partial charge in [0.25, 0.3) is 11.5 Å². The summed E-state index contributed by atoms with van der Waals surface area (Å²) in [7, 11) is 0. The molecule has 0 atom stereocenters. The van der Waals surface area contributed by atoms with Crippen molar-refractivity contribution in [2.24, 2.45) is 0 Å². The van der Waals surface area contributed by atoms with E-state index < -0.39 is 17.3 Å². The Kier molecular flexibility index (Phi) is 5.96. The molecule has 0 saturated carbocycles. The zero-order valence-corrected chi connectivity index (χ0v) is 17.4. The molecule has 0 radical (unpaired) electrons. The normalized spacial score (nSPS) is 11.1. The molecule has 0 fully saturated rings. The van der Waals surface area contributed by atoms with E-state index in [1.807, 2.05) is 6.07 Å². The van der Waals surface area contributed by atoms with Gasteiger partial charge in [0.15, 0.2) is 0 Å². The molecule has 162 valence electrons. The van der Waals surface area contributed by atoms with Gasteiger partial charge in [-0.15, -0.1) is 0 Å². The van der Waals surface area contributed by atoms with Crippen molar-refractivity contribution in [1.29, 1.82) is 5.26 Å². The summed E-state index contributed by atoms with van der Waals surface area (Å²) in [5.41, 5.74) is 0.526. The van der Waals surface area contributed by atoms with Crippen LogP contribution in [-0.4, -0.2) is 15.3 Å². The molecule has 7 nitrogen and oxygen atoms in total. The van der Waals surface area contributed by atoms with Crippen molar-refractivity contribution >= 4 is 23.3 Å². The van der Waals surface area contributed by atoms with Gasteiger partial charge < -0.3 is 10.1 Å². The molecule has 0 unspecified atom stereocenters. The molecule has 0 spiro atoms. The third-order valence-electron chi connectivity index (χ3n) is 4.76. The number of anilines is 1. The molecule has 4 rings (SSSR count). The zero-order chi connectivity index (χ0) is 23.4. The van der Waals surface area contributed by atoms with Gasteiger partial charge in [-0.2, -0.15) is 10.2 Å². The highest BCUT2D eigenvalue weighted by Crippen LogP contribution is 2.24. The number of carbonyl (C=O) groups excluding carboxylic acids is 1. The lowest BCUT2D eigenvalue weighted by atomic mass is 10.1. The Morgan fingerprint density at radius 1 is 1.12 bits per heavy atom. The van der Waals surface area contributed by atoms with Crippen LogP contribution in [0, 0.1) is 24.1 Å². The van der Waals surface area contributed by atoms with Crippen LogP contribution in [0.2, 0.25) is 0 Å². The number of carbonyl (C=O) groups is 1. The van der Waals surface area contributed by atoms with Gasteiger partial charge >= 0.3 is 0 Å². The summed E-state index contributed by atoms with van der Waals surface area (Å²) in [4.78, 5) is 30.4. The van der Waals surface area contributed by atoms with Crippen molar-refractivity contribution < 1.29 is 13.9 Å². The summed E-state index contributed by atoms with van der Waals surface area (Å²) in [6.07, 6.45) is 2.69. The van der Waals surface area contributed by atoms with E-state index in [1.165, 1.54) is 28.7 Å². The SMILES string of the molecule is Cc1cccn2c(=O)c(/C=C(/C#N)C(=O)Nc3ccc(F)cc3)c(Oc3ccccc3)nc12. The van der Waals surface area contributed by atoms with Gasteiger partial charge in [-0.3, -0.25) is 14.0 Å². The smallest absolute Gasteiger partial charge is 0.269 e. The molecule has 0 aliphatic heterocycles. The molecule has 8 heteroatoms. The Balaban J connectivity index is 1.82. The van der Waals surface area contributed by atoms with Gasteiger partial charge in [0.2, 0.25) is 5.88 Å². The largest absolute Gasteiger partial charge is 0.438 e. The number of amides is 1. The fourth-order valence-electron chi connectivity index (χ4n) is 3.12. The highest BCUT2D eigenvalue weighted by Gasteiger charge is 2.18. The number of rotatable bonds is 5. The van der Waals surface area contributed by atoms with E-state index >= 15 is 0 Å². The number of pyridine rings is 1. The summed E-state index contributed by atoms with van der Waals surface area (Å²) in [5, 5.41) is 12.1. The van der Waals surface area contributed by atoms with Crippen LogP contribution in [-0.2, 0) is 4.79 Å². The Labute approximate surface area is 188 Å². The number of ether oxygens (including phenoxy) is 1. The van der Waals surface area contributed by atoms with E-state index in [-0.39, 0.29) is 17.0 Å². The molecule has 1 N–H and O–H groups in total. The molecule has 2 heterocycles. The lowest BCUT2D eigenvalue weighted by molar-refractivity contribution is -0.112. The van der Waals surface area contributed by atoms with E-state index in [1.54, 1.807) is 55.6 Å². The predicted octanol–water partition coefficient (Wildman–Crippen LogP) is 4.48. The maximum atomic E-state index is 13.3. The quantitative estimate of drug-likeness (QED) is 0.365. The number of hydrogen-bond acceptors (Lipinski definition) is 5. The minimum atomic E-state index is -0.761. The van der Waals surface area contributed by atoms with Crippen molar-refractivity contribution in [2.45, 2.75) is 6.92 Å². The standard InChI is InChI=1S/C25H17FN4O3/c1-16-6-5-13-30-22(16)29-24(33-20-7-3-2-4-8-20)21(25(30)32)14-17(15-27)23(31)28-19-11-9-18(26)10-12-19/h2-14H,1H3,(H,28,31)/b17-14-. The van der Waals surface area contributed by atoms with Gasteiger partial charge in [-0.1, -0.05) is 24.3 Å². The van der Waals surface area contributed by atoms with E-state index in [4.69, 9.17) is 4.74 Å². The number of para-hydroxylation sites is 1. The van der Waals surface area contributed by atoms with Gasteiger partial charge in [0.1, 0.15) is 34.4 Å². The topological polar surface area (TPSA) is 96.5 Å². The average Bonchev–Trinajstić information content (AvgIpc) is 2.82. The van der Waals surface area contributed by atoms with Crippen LogP contribution in [0.4, 0.5) is 10.1 Å². The fourth-order valence-corrected chi connectivity index (χ4v) is 3.12. The Hall–Kier alpha value is -4.77. The number of nitrogens with zero attached hydrogens (tertiary/aromatic N) is 3. The highest BCUT2D eigenvalue weighted by molar-refractivity contribution is 6.09. The summed E-state index contributed by atoms with van der Waals surface area (Å²) in [6.45, 7) is 1.81. The number of aromatic nitrogens is 2. The minimum Gasteiger partial charge on any atom is -0.438 e. The van der Waals surface area contributed by atoms with Crippen LogP contribution in [0.5, 0.6) is 11.6 Å². The molecule has 0 aliphatic carbocycles. The number of nitrogens with one attached hydrogen (secondary N) is 1. The van der Waals surface area contributed by atoms with Gasteiger partial charge in [-0.25, -0.2) is 4.39 Å². The van der Waals surface area contributed by atoms with E-state index in [9.17, 15) is 19.2 Å². The second-order valence-corrected chi connectivity index (χ2v) is 7.07. The molecule has 1 amide bonds. The molecule has 0 aliphatic rings. The van der Waals surface area contributed by atoms with Crippen LogP contribution in [0.15, 0.2) is 83.3 Å². The van der Waals surface area contributed by atoms with Crippen molar-refractivity contribution in [3.63, 3.8) is 0 Å². The number of halogens is 1. The molecule has 2 aromatic heterocycles. The summed E-state index contributed by atoms with van der Waals surface area (Å²) in [5.74, 6) is -0.824. The van der Waals surface area contributed by atoms with Crippen molar-refractivity contribution in [2.75, 3.05) is 5.32 Å². The Morgan fingerprint density at radius 3 is 2.55 bits per heavy atom. The average molecular weight is 440 g/mol. The van der Waals surface area contributed by atoms with Crippen LogP contribution in [0.1, 0.15) is 11.1 Å². The van der Waals surface area contributed by atoms with Crippen molar-refractivity contribution in [3.8, 4) is 17.7 Å². The molecule has 4 aromatic rings. The molecule has 0 bridgehead atoms. The number of aryl methyl sites for hydroxylation is 1. The third-order valence-corrected chi connectivity index (χ3v) is 4.76. The van der Waals surface area contributed by atoms with Gasteiger partial charge in [-0.05, 0) is 61.0 Å². The Morgan fingerprint density at radius 2 is 1.85 bits per heavy atom. The first-order valence-corrected chi connectivity index (χ1v) is 9.90. The zero-order valence-electron chi connectivity index (χ0n) is 17.4. The van der Waals surface area contributed by atoms with Crippen molar-refractivity contribution in [3.05, 3.63) is 106 Å². The fraction of sp³-hybridized carbons (Fsp3) is 0.0400. The van der Waals surface area contributed by atoms with Gasteiger partial charge in [0, 0.05) is 11.9 Å². The van der Waals surface area contributed by atoms with Gasteiger partial charge in [0.05, 0.1) is 0 Å². The summed E-state index contributed by atoms with van der Waals surface area (Å²) < 4.78 is 20.3. The lowest BCUT2D eigenvalue weighted by Gasteiger charge is -2.11. The van der Waals surface area contributed by atoms with E-state index in [2.05, 4.69) is 10.3 Å². The lowest BCUT2D eigenvalue weighted by Crippen LogP contribution is -2.20. The monoisotopic (exact) mass is 440 g/mol. The molecule has 33 heavy (non-hydrogen) atoms. The maximum Gasteiger partial charge on any atom is 0.269 e. The molecular weight excluding hydrogens is 423 g/mol. The second-order valence-electron chi connectivity index (χ2n) is 7.07. The molecule has 2 aromatic carbocycles. The second kappa shape index (κ2) is 9.16. The highest BCUT2D eigenvalue weighted by atomic mass is 19.1. The van der Waals surface area contributed by atoms with Crippen molar-refractivity contribution in [1.82, 2.24) is 9.38 Å². The van der Waals surface area contributed by atoms with E-state index in [0.717, 1.165) is 11.6 Å². The van der Waals surface area contributed by atoms with Crippen LogP contribution in [0.25, 0.3) is 11.7 Å². The summed E-state index contributed by atoms with van der Waals surface area (Å²) in [6, 6.07) is 19.1. The molecule has 0 saturated heterocycles. The third kappa shape index (κ3) is 4.62. The van der Waals surface area contributed by atoms with E-state index in [0.29, 0.717) is 17.1 Å². The number of benzene rings is 2. The minimum absolute atomic E-state index is 0.0390. The number of fused-ring (bicyclic) bond motifs is 1. The Bertz CT molecular complexity index is 1470. The first-order chi connectivity index (χ1) is 16.0. The van der Waals surface area contributed by atoms with Crippen LogP contribution >= 0.6 is 0 Å². The first kappa shape index (κ1) is 21.5. The number of hydrogen-bond donors (Lipinski definition) is 1. The number of nitriles is 1. The molecular formula is C25H17FN4O3. The van der Waals surface area contributed by atoms with Crippen LogP contribution in [0.3, 0.4) is 0 Å².